The van der Waals surface area contributed by atoms with Gasteiger partial charge in [-0.2, -0.15) is 4.98 Å². The summed E-state index contributed by atoms with van der Waals surface area (Å²) in [7, 11) is 1.90. The Labute approximate surface area is 135 Å². The lowest BCUT2D eigenvalue weighted by Crippen LogP contribution is -2.27. The predicted octanol–water partition coefficient (Wildman–Crippen LogP) is 3.10. The van der Waals surface area contributed by atoms with Gasteiger partial charge < -0.3 is 15.5 Å². The molecule has 0 bridgehead atoms. The number of rotatable bonds is 2. The van der Waals surface area contributed by atoms with E-state index in [9.17, 15) is 0 Å². The SMILES string of the molecule is CNc1nc(N2CCNc3ccccc3C2)nc2ccccc12. The highest BCUT2D eigenvalue weighted by atomic mass is 15.3. The first-order chi connectivity index (χ1) is 11.3. The molecule has 5 nitrogen and oxygen atoms in total. The largest absolute Gasteiger partial charge is 0.383 e. The molecule has 0 fully saturated rings. The Balaban J connectivity index is 1.77. The smallest absolute Gasteiger partial charge is 0.228 e. The number of hydrogen-bond donors (Lipinski definition) is 2. The molecule has 5 heteroatoms. The van der Waals surface area contributed by atoms with E-state index >= 15 is 0 Å². The third kappa shape index (κ3) is 2.54. The van der Waals surface area contributed by atoms with Crippen LogP contribution in [0.1, 0.15) is 5.56 Å². The Morgan fingerprint density at radius 1 is 1.04 bits per heavy atom. The van der Waals surface area contributed by atoms with Gasteiger partial charge in [0, 0.05) is 37.8 Å². The van der Waals surface area contributed by atoms with E-state index in [2.05, 4.69) is 39.8 Å². The molecule has 0 radical (unpaired) electrons. The van der Waals surface area contributed by atoms with Gasteiger partial charge in [0.25, 0.3) is 0 Å². The van der Waals surface area contributed by atoms with Crippen molar-refractivity contribution in [3.05, 3.63) is 54.1 Å². The quantitative estimate of drug-likeness (QED) is 0.762. The van der Waals surface area contributed by atoms with Gasteiger partial charge in [0.05, 0.1) is 5.52 Å². The molecule has 0 aliphatic carbocycles. The number of benzene rings is 2. The van der Waals surface area contributed by atoms with E-state index in [4.69, 9.17) is 9.97 Å². The number of para-hydroxylation sites is 2. The fraction of sp³-hybridized carbons (Fsp3) is 0.222. The summed E-state index contributed by atoms with van der Waals surface area (Å²) in [6, 6.07) is 16.5. The highest BCUT2D eigenvalue weighted by Gasteiger charge is 2.17. The first kappa shape index (κ1) is 13.8. The van der Waals surface area contributed by atoms with Crippen molar-refractivity contribution < 1.29 is 0 Å². The van der Waals surface area contributed by atoms with Gasteiger partial charge >= 0.3 is 0 Å². The molecule has 1 aliphatic heterocycles. The number of aromatic nitrogens is 2. The summed E-state index contributed by atoms with van der Waals surface area (Å²) in [4.78, 5) is 11.7. The summed E-state index contributed by atoms with van der Waals surface area (Å²) < 4.78 is 0. The van der Waals surface area contributed by atoms with Gasteiger partial charge in [-0.05, 0) is 23.8 Å². The van der Waals surface area contributed by atoms with Gasteiger partial charge in [0.1, 0.15) is 5.82 Å². The van der Waals surface area contributed by atoms with Crippen LogP contribution in [0.5, 0.6) is 0 Å². The second-order valence-electron chi connectivity index (χ2n) is 5.64. The van der Waals surface area contributed by atoms with Crippen molar-refractivity contribution in [2.75, 3.05) is 35.7 Å². The highest BCUT2D eigenvalue weighted by molar-refractivity contribution is 5.90. The van der Waals surface area contributed by atoms with Gasteiger partial charge in [-0.15, -0.1) is 0 Å². The molecule has 23 heavy (non-hydrogen) atoms. The van der Waals surface area contributed by atoms with E-state index in [1.807, 2.05) is 31.3 Å². The first-order valence-corrected chi connectivity index (χ1v) is 7.86. The van der Waals surface area contributed by atoms with Gasteiger partial charge in [-0.25, -0.2) is 4.98 Å². The van der Waals surface area contributed by atoms with Crippen LogP contribution in [0, 0.1) is 0 Å². The van der Waals surface area contributed by atoms with Crippen molar-refractivity contribution in [2.24, 2.45) is 0 Å². The van der Waals surface area contributed by atoms with E-state index in [0.717, 1.165) is 42.3 Å². The van der Waals surface area contributed by atoms with E-state index in [1.165, 1.54) is 11.3 Å². The summed E-state index contributed by atoms with van der Waals surface area (Å²) in [6.07, 6.45) is 0. The second kappa shape index (κ2) is 5.76. The zero-order chi connectivity index (χ0) is 15.6. The number of nitrogens with one attached hydrogen (secondary N) is 2. The Kier molecular flexibility index (Phi) is 3.46. The number of hydrogen-bond acceptors (Lipinski definition) is 5. The van der Waals surface area contributed by atoms with Crippen LogP contribution in [0.3, 0.4) is 0 Å². The van der Waals surface area contributed by atoms with Crippen LogP contribution in [0.25, 0.3) is 10.9 Å². The Morgan fingerprint density at radius 2 is 1.87 bits per heavy atom. The molecule has 116 valence electrons. The van der Waals surface area contributed by atoms with Crippen molar-refractivity contribution >= 4 is 28.4 Å². The zero-order valence-corrected chi connectivity index (χ0v) is 13.1. The monoisotopic (exact) mass is 305 g/mol. The lowest BCUT2D eigenvalue weighted by Gasteiger charge is -2.21. The van der Waals surface area contributed by atoms with Crippen molar-refractivity contribution in [3.8, 4) is 0 Å². The molecule has 0 saturated carbocycles. The topological polar surface area (TPSA) is 53.1 Å². The molecular formula is C18H19N5. The minimum Gasteiger partial charge on any atom is -0.383 e. The molecule has 4 rings (SSSR count). The van der Waals surface area contributed by atoms with Crippen LogP contribution in [-0.4, -0.2) is 30.1 Å². The van der Waals surface area contributed by atoms with Crippen molar-refractivity contribution in [1.82, 2.24) is 9.97 Å². The van der Waals surface area contributed by atoms with Crippen molar-refractivity contribution in [1.29, 1.82) is 0 Å². The molecule has 2 N–H and O–H groups in total. The molecule has 3 aromatic rings. The maximum absolute atomic E-state index is 4.77. The molecule has 2 aromatic carbocycles. The van der Waals surface area contributed by atoms with E-state index in [1.54, 1.807) is 0 Å². The molecular weight excluding hydrogens is 286 g/mol. The fourth-order valence-corrected chi connectivity index (χ4v) is 3.01. The summed E-state index contributed by atoms with van der Waals surface area (Å²) in [6.45, 7) is 2.56. The Hall–Kier alpha value is -2.82. The third-order valence-corrected chi connectivity index (χ3v) is 4.19. The van der Waals surface area contributed by atoms with Crippen molar-refractivity contribution in [3.63, 3.8) is 0 Å². The fourth-order valence-electron chi connectivity index (χ4n) is 3.01. The molecule has 1 aromatic heterocycles. The van der Waals surface area contributed by atoms with Crippen LogP contribution in [0.4, 0.5) is 17.5 Å². The zero-order valence-electron chi connectivity index (χ0n) is 13.1. The Bertz CT molecular complexity index is 846. The maximum Gasteiger partial charge on any atom is 0.228 e. The minimum absolute atomic E-state index is 0.770. The highest BCUT2D eigenvalue weighted by Crippen LogP contribution is 2.26. The van der Waals surface area contributed by atoms with E-state index < -0.39 is 0 Å². The van der Waals surface area contributed by atoms with Crippen LogP contribution in [0.2, 0.25) is 0 Å². The minimum atomic E-state index is 0.770. The molecule has 0 amide bonds. The summed E-state index contributed by atoms with van der Waals surface area (Å²) in [5, 5.41) is 7.72. The van der Waals surface area contributed by atoms with Gasteiger partial charge in [-0.3, -0.25) is 0 Å². The van der Waals surface area contributed by atoms with Gasteiger partial charge in [-0.1, -0.05) is 30.3 Å². The van der Waals surface area contributed by atoms with Gasteiger partial charge in [0.15, 0.2) is 0 Å². The summed E-state index contributed by atoms with van der Waals surface area (Å²) >= 11 is 0. The molecule has 0 unspecified atom stereocenters. The summed E-state index contributed by atoms with van der Waals surface area (Å²) in [5.41, 5.74) is 3.43. The normalized spacial score (nSPS) is 14.0. The second-order valence-corrected chi connectivity index (χ2v) is 5.64. The van der Waals surface area contributed by atoms with E-state index in [0.29, 0.717) is 0 Å². The maximum atomic E-state index is 4.77. The third-order valence-electron chi connectivity index (χ3n) is 4.19. The Morgan fingerprint density at radius 3 is 2.78 bits per heavy atom. The molecule has 0 atom stereocenters. The summed E-state index contributed by atoms with van der Waals surface area (Å²) in [5.74, 6) is 1.64. The first-order valence-electron chi connectivity index (χ1n) is 7.86. The van der Waals surface area contributed by atoms with Crippen molar-refractivity contribution in [2.45, 2.75) is 6.54 Å². The average Bonchev–Trinajstić information content (AvgIpc) is 2.83. The van der Waals surface area contributed by atoms with Gasteiger partial charge in [0.2, 0.25) is 5.95 Å². The molecule has 2 heterocycles. The van der Waals surface area contributed by atoms with Crippen LogP contribution < -0.4 is 15.5 Å². The average molecular weight is 305 g/mol. The van der Waals surface area contributed by atoms with E-state index in [-0.39, 0.29) is 0 Å². The molecule has 0 saturated heterocycles. The molecule has 0 spiro atoms. The number of anilines is 3. The lowest BCUT2D eigenvalue weighted by atomic mass is 10.2. The molecule has 1 aliphatic rings. The van der Waals surface area contributed by atoms with Crippen LogP contribution in [0.15, 0.2) is 48.5 Å². The van der Waals surface area contributed by atoms with Crippen LogP contribution in [-0.2, 0) is 6.54 Å². The lowest BCUT2D eigenvalue weighted by molar-refractivity contribution is 0.794. The van der Waals surface area contributed by atoms with Crippen LogP contribution >= 0.6 is 0 Å². The number of fused-ring (bicyclic) bond motifs is 2. The predicted molar refractivity (Wildman–Crippen MR) is 95.1 cm³/mol. The standard InChI is InChI=1S/C18H19N5/c1-19-17-14-7-3-5-9-16(14)21-18(22-17)23-11-10-20-15-8-4-2-6-13(15)12-23/h2-9,20H,10-12H2,1H3,(H,19,21,22). The number of nitrogens with zero attached hydrogens (tertiary/aromatic N) is 3.